The van der Waals surface area contributed by atoms with Crippen LogP contribution >= 0.6 is 11.6 Å². The van der Waals surface area contributed by atoms with E-state index in [0.717, 1.165) is 49.7 Å². The number of anilines is 1. The molecule has 1 saturated heterocycles. The molecule has 1 aliphatic rings. The largest absolute Gasteiger partial charge is 0.497 e. The lowest BCUT2D eigenvalue weighted by atomic mass is 10.1. The summed E-state index contributed by atoms with van der Waals surface area (Å²) in [5.74, 6) is 0.698. The standard InChI is InChI=1S/C20H23ClN2O3/c1-25-18-6-2-15(3-7-18)12-20(24)22-17-5-4-16(19(21)13-17)14-23-8-10-26-11-9-23/h2-7,13H,8-12,14H2,1H3,(H,22,24). The monoisotopic (exact) mass is 374 g/mol. The molecule has 0 radical (unpaired) electrons. The van der Waals surface area contributed by atoms with Crippen LogP contribution in [0.3, 0.4) is 0 Å². The van der Waals surface area contributed by atoms with E-state index in [-0.39, 0.29) is 5.91 Å². The molecular formula is C20H23ClN2O3. The highest BCUT2D eigenvalue weighted by molar-refractivity contribution is 6.31. The number of morpholine rings is 1. The summed E-state index contributed by atoms with van der Waals surface area (Å²) in [6.07, 6.45) is 0.303. The first kappa shape index (κ1) is 18.7. The number of halogens is 1. The van der Waals surface area contributed by atoms with Crippen LogP contribution in [0.1, 0.15) is 11.1 Å². The van der Waals surface area contributed by atoms with Crippen LogP contribution in [0, 0.1) is 0 Å². The Kier molecular flexibility index (Phi) is 6.50. The van der Waals surface area contributed by atoms with E-state index in [0.29, 0.717) is 17.1 Å². The number of nitrogens with zero attached hydrogens (tertiary/aromatic N) is 1. The van der Waals surface area contributed by atoms with Crippen molar-refractivity contribution in [2.75, 3.05) is 38.7 Å². The molecule has 1 N–H and O–H groups in total. The summed E-state index contributed by atoms with van der Waals surface area (Å²) in [7, 11) is 1.62. The maximum atomic E-state index is 12.2. The Morgan fingerprint density at radius 2 is 1.92 bits per heavy atom. The third-order valence-electron chi connectivity index (χ3n) is 4.36. The molecule has 5 nitrogen and oxygen atoms in total. The topological polar surface area (TPSA) is 50.8 Å². The average molecular weight is 375 g/mol. The first-order chi connectivity index (χ1) is 12.6. The highest BCUT2D eigenvalue weighted by atomic mass is 35.5. The lowest BCUT2D eigenvalue weighted by Crippen LogP contribution is -2.35. The van der Waals surface area contributed by atoms with Gasteiger partial charge in [-0.05, 0) is 35.4 Å². The van der Waals surface area contributed by atoms with Crippen LogP contribution in [0.4, 0.5) is 5.69 Å². The number of amides is 1. The molecule has 0 unspecified atom stereocenters. The number of hydrogen-bond acceptors (Lipinski definition) is 4. The fraction of sp³-hybridized carbons (Fsp3) is 0.350. The average Bonchev–Trinajstić information content (AvgIpc) is 2.65. The van der Waals surface area contributed by atoms with Gasteiger partial charge in [-0.15, -0.1) is 0 Å². The van der Waals surface area contributed by atoms with Crippen LogP contribution in [0.5, 0.6) is 5.75 Å². The van der Waals surface area contributed by atoms with Crippen molar-refractivity contribution in [3.8, 4) is 5.75 Å². The van der Waals surface area contributed by atoms with Gasteiger partial charge in [0.2, 0.25) is 5.91 Å². The maximum absolute atomic E-state index is 12.2. The summed E-state index contributed by atoms with van der Waals surface area (Å²) in [4.78, 5) is 14.6. The van der Waals surface area contributed by atoms with Gasteiger partial charge in [0.15, 0.2) is 0 Å². The third kappa shape index (κ3) is 5.21. The van der Waals surface area contributed by atoms with Gasteiger partial charge in [-0.25, -0.2) is 0 Å². The van der Waals surface area contributed by atoms with Gasteiger partial charge in [-0.1, -0.05) is 29.8 Å². The van der Waals surface area contributed by atoms with Gasteiger partial charge < -0.3 is 14.8 Å². The Bertz CT molecular complexity index is 743. The fourth-order valence-electron chi connectivity index (χ4n) is 2.89. The Balaban J connectivity index is 1.56. The summed E-state index contributed by atoms with van der Waals surface area (Å²) in [6.45, 7) is 4.14. The predicted molar refractivity (Wildman–Crippen MR) is 103 cm³/mol. The molecule has 26 heavy (non-hydrogen) atoms. The quantitative estimate of drug-likeness (QED) is 0.842. The molecule has 1 amide bonds. The van der Waals surface area contributed by atoms with Gasteiger partial charge in [0.05, 0.1) is 26.7 Å². The first-order valence-corrected chi connectivity index (χ1v) is 9.03. The minimum Gasteiger partial charge on any atom is -0.497 e. The van der Waals surface area contributed by atoms with Crippen LogP contribution < -0.4 is 10.1 Å². The summed E-state index contributed by atoms with van der Waals surface area (Å²) >= 11 is 6.40. The number of carbonyl (C=O) groups excluding carboxylic acids is 1. The SMILES string of the molecule is COc1ccc(CC(=O)Nc2ccc(CN3CCOCC3)c(Cl)c2)cc1. The van der Waals surface area contributed by atoms with E-state index in [2.05, 4.69) is 10.2 Å². The number of ether oxygens (including phenoxy) is 2. The zero-order valence-corrected chi connectivity index (χ0v) is 15.6. The fourth-order valence-corrected chi connectivity index (χ4v) is 3.13. The zero-order chi connectivity index (χ0) is 18.4. The van der Waals surface area contributed by atoms with Crippen LogP contribution in [-0.4, -0.2) is 44.2 Å². The Hall–Kier alpha value is -2.08. The Labute approximate surface area is 158 Å². The van der Waals surface area contributed by atoms with Crippen LogP contribution in [0.25, 0.3) is 0 Å². The molecule has 0 bridgehead atoms. The Morgan fingerprint density at radius 3 is 2.58 bits per heavy atom. The molecular weight excluding hydrogens is 352 g/mol. The second kappa shape index (κ2) is 9.03. The second-order valence-corrected chi connectivity index (χ2v) is 6.67. The number of benzene rings is 2. The van der Waals surface area contributed by atoms with Gasteiger partial charge in [-0.2, -0.15) is 0 Å². The molecule has 2 aromatic carbocycles. The number of hydrogen-bond donors (Lipinski definition) is 1. The molecule has 138 valence electrons. The molecule has 0 spiro atoms. The molecule has 0 aliphatic carbocycles. The van der Waals surface area contributed by atoms with Gasteiger partial charge in [0, 0.05) is 30.3 Å². The van der Waals surface area contributed by atoms with Gasteiger partial charge in [0.25, 0.3) is 0 Å². The first-order valence-electron chi connectivity index (χ1n) is 8.65. The number of carbonyl (C=O) groups is 1. The summed E-state index contributed by atoms with van der Waals surface area (Å²) in [6, 6.07) is 13.1. The van der Waals surface area contributed by atoms with Crippen molar-refractivity contribution < 1.29 is 14.3 Å². The van der Waals surface area contributed by atoms with E-state index in [4.69, 9.17) is 21.1 Å². The van der Waals surface area contributed by atoms with Crippen molar-refractivity contribution in [2.45, 2.75) is 13.0 Å². The van der Waals surface area contributed by atoms with Crippen LogP contribution in [0.15, 0.2) is 42.5 Å². The minimum atomic E-state index is -0.0767. The lowest BCUT2D eigenvalue weighted by molar-refractivity contribution is -0.115. The van der Waals surface area contributed by atoms with E-state index < -0.39 is 0 Å². The zero-order valence-electron chi connectivity index (χ0n) is 14.8. The maximum Gasteiger partial charge on any atom is 0.228 e. The highest BCUT2D eigenvalue weighted by Gasteiger charge is 2.13. The number of rotatable bonds is 6. The van der Waals surface area contributed by atoms with Crippen molar-refractivity contribution in [1.82, 2.24) is 4.90 Å². The van der Waals surface area contributed by atoms with Crippen molar-refractivity contribution >= 4 is 23.2 Å². The van der Waals surface area contributed by atoms with Gasteiger partial charge in [-0.3, -0.25) is 9.69 Å². The molecule has 0 atom stereocenters. The third-order valence-corrected chi connectivity index (χ3v) is 4.71. The van der Waals surface area contributed by atoms with Crippen molar-refractivity contribution in [3.63, 3.8) is 0 Å². The predicted octanol–water partition coefficient (Wildman–Crippen LogP) is 3.36. The minimum absolute atomic E-state index is 0.0767. The molecule has 0 saturated carbocycles. The molecule has 1 heterocycles. The number of methoxy groups -OCH3 is 1. The van der Waals surface area contributed by atoms with E-state index in [1.165, 1.54) is 0 Å². The normalized spacial score (nSPS) is 14.8. The molecule has 1 fully saturated rings. The molecule has 6 heteroatoms. The second-order valence-electron chi connectivity index (χ2n) is 6.27. The lowest BCUT2D eigenvalue weighted by Gasteiger charge is -2.27. The van der Waals surface area contributed by atoms with Crippen molar-refractivity contribution in [1.29, 1.82) is 0 Å². The van der Waals surface area contributed by atoms with E-state index in [1.807, 2.05) is 42.5 Å². The highest BCUT2D eigenvalue weighted by Crippen LogP contribution is 2.23. The van der Waals surface area contributed by atoms with Crippen LogP contribution in [0.2, 0.25) is 5.02 Å². The van der Waals surface area contributed by atoms with Gasteiger partial charge in [0.1, 0.15) is 5.75 Å². The smallest absolute Gasteiger partial charge is 0.228 e. The Morgan fingerprint density at radius 1 is 1.19 bits per heavy atom. The summed E-state index contributed by atoms with van der Waals surface area (Å²) in [5, 5.41) is 3.57. The van der Waals surface area contributed by atoms with Crippen molar-refractivity contribution in [2.24, 2.45) is 0 Å². The summed E-state index contributed by atoms with van der Waals surface area (Å²) < 4.78 is 10.5. The van der Waals surface area contributed by atoms with E-state index >= 15 is 0 Å². The van der Waals surface area contributed by atoms with E-state index in [9.17, 15) is 4.79 Å². The summed E-state index contributed by atoms with van der Waals surface area (Å²) in [5.41, 5.74) is 2.69. The molecule has 0 aromatic heterocycles. The molecule has 2 aromatic rings. The van der Waals surface area contributed by atoms with Crippen molar-refractivity contribution in [3.05, 3.63) is 58.6 Å². The van der Waals surface area contributed by atoms with E-state index in [1.54, 1.807) is 7.11 Å². The van der Waals surface area contributed by atoms with Gasteiger partial charge >= 0.3 is 0 Å². The van der Waals surface area contributed by atoms with Crippen LogP contribution in [-0.2, 0) is 22.5 Å². The molecule has 1 aliphatic heterocycles. The number of nitrogens with one attached hydrogen (secondary N) is 1. The molecule has 3 rings (SSSR count).